The standard InChI is InChI=1S/C11H23NOS/c1-11(2)10-13-8-7-12(11)6-4-3-5-9-14/h14H,3-10H2,1-2H3. The molecule has 84 valence electrons. The summed E-state index contributed by atoms with van der Waals surface area (Å²) in [7, 11) is 0. The molecular weight excluding hydrogens is 194 g/mol. The molecule has 0 aromatic rings. The Hall–Kier alpha value is 0.270. The number of rotatable bonds is 5. The second-order valence-corrected chi connectivity index (χ2v) is 5.08. The van der Waals surface area contributed by atoms with Crippen LogP contribution in [-0.2, 0) is 4.74 Å². The number of hydrogen-bond acceptors (Lipinski definition) is 3. The fourth-order valence-electron chi connectivity index (χ4n) is 1.90. The van der Waals surface area contributed by atoms with Gasteiger partial charge >= 0.3 is 0 Å². The Morgan fingerprint density at radius 2 is 2.07 bits per heavy atom. The van der Waals surface area contributed by atoms with E-state index in [1.807, 2.05) is 0 Å². The fraction of sp³-hybridized carbons (Fsp3) is 1.00. The van der Waals surface area contributed by atoms with E-state index in [9.17, 15) is 0 Å². The van der Waals surface area contributed by atoms with E-state index in [-0.39, 0.29) is 5.54 Å². The third-order valence-corrected chi connectivity index (χ3v) is 3.22. The Morgan fingerprint density at radius 1 is 1.29 bits per heavy atom. The van der Waals surface area contributed by atoms with E-state index >= 15 is 0 Å². The number of unbranched alkanes of at least 4 members (excludes halogenated alkanes) is 2. The second kappa shape index (κ2) is 5.99. The van der Waals surface area contributed by atoms with Crippen LogP contribution in [-0.4, -0.2) is 42.5 Å². The highest BCUT2D eigenvalue weighted by Crippen LogP contribution is 2.19. The average Bonchev–Trinajstić information content (AvgIpc) is 2.14. The van der Waals surface area contributed by atoms with Crippen LogP contribution in [0.1, 0.15) is 33.1 Å². The molecule has 0 amide bonds. The van der Waals surface area contributed by atoms with Gasteiger partial charge in [-0.3, -0.25) is 4.90 Å². The molecule has 0 aliphatic carbocycles. The van der Waals surface area contributed by atoms with Gasteiger partial charge < -0.3 is 4.74 Å². The van der Waals surface area contributed by atoms with E-state index in [4.69, 9.17) is 4.74 Å². The lowest BCUT2D eigenvalue weighted by Crippen LogP contribution is -2.53. The smallest absolute Gasteiger partial charge is 0.0645 e. The maximum Gasteiger partial charge on any atom is 0.0645 e. The van der Waals surface area contributed by atoms with Gasteiger partial charge in [0.05, 0.1) is 13.2 Å². The van der Waals surface area contributed by atoms with Crippen LogP contribution in [0, 0.1) is 0 Å². The molecule has 14 heavy (non-hydrogen) atoms. The summed E-state index contributed by atoms with van der Waals surface area (Å²) in [5.74, 6) is 1.02. The normalized spacial score (nSPS) is 22.5. The Morgan fingerprint density at radius 3 is 2.71 bits per heavy atom. The van der Waals surface area contributed by atoms with Crippen molar-refractivity contribution in [2.45, 2.75) is 38.6 Å². The van der Waals surface area contributed by atoms with Crippen LogP contribution in [0.3, 0.4) is 0 Å². The summed E-state index contributed by atoms with van der Waals surface area (Å²) >= 11 is 4.22. The highest BCUT2D eigenvalue weighted by molar-refractivity contribution is 7.80. The Bertz CT molecular complexity index is 161. The lowest BCUT2D eigenvalue weighted by Gasteiger charge is -2.42. The summed E-state index contributed by atoms with van der Waals surface area (Å²) in [5.41, 5.74) is 0.235. The van der Waals surface area contributed by atoms with Crippen molar-refractivity contribution in [1.29, 1.82) is 0 Å². The molecule has 0 atom stereocenters. The third-order valence-electron chi connectivity index (χ3n) is 2.90. The largest absolute Gasteiger partial charge is 0.378 e. The number of thiol groups is 1. The van der Waals surface area contributed by atoms with Crippen molar-refractivity contribution in [2.24, 2.45) is 0 Å². The molecule has 1 aliphatic rings. The predicted molar refractivity (Wildman–Crippen MR) is 64.2 cm³/mol. The zero-order valence-electron chi connectivity index (χ0n) is 9.46. The van der Waals surface area contributed by atoms with Gasteiger partial charge in [-0.1, -0.05) is 6.42 Å². The molecular formula is C11H23NOS. The van der Waals surface area contributed by atoms with Crippen molar-refractivity contribution < 1.29 is 4.74 Å². The summed E-state index contributed by atoms with van der Waals surface area (Å²) in [6, 6.07) is 0. The van der Waals surface area contributed by atoms with Crippen molar-refractivity contribution in [3.05, 3.63) is 0 Å². The van der Waals surface area contributed by atoms with Crippen LogP contribution in [0.5, 0.6) is 0 Å². The molecule has 0 unspecified atom stereocenters. The Kier molecular flexibility index (Phi) is 5.28. The zero-order valence-corrected chi connectivity index (χ0v) is 10.4. The number of ether oxygens (including phenoxy) is 1. The first-order chi connectivity index (χ1) is 6.67. The van der Waals surface area contributed by atoms with Crippen LogP contribution < -0.4 is 0 Å². The Balaban J connectivity index is 2.20. The molecule has 0 radical (unpaired) electrons. The first-order valence-electron chi connectivity index (χ1n) is 5.60. The monoisotopic (exact) mass is 217 g/mol. The molecule has 0 N–H and O–H groups in total. The molecule has 1 fully saturated rings. The topological polar surface area (TPSA) is 12.5 Å². The van der Waals surface area contributed by atoms with E-state index < -0.39 is 0 Å². The molecule has 0 bridgehead atoms. The van der Waals surface area contributed by atoms with Crippen LogP contribution in [0.2, 0.25) is 0 Å². The molecule has 2 nitrogen and oxygen atoms in total. The van der Waals surface area contributed by atoms with Crippen LogP contribution >= 0.6 is 12.6 Å². The SMILES string of the molecule is CC1(C)COCCN1CCCCCS. The van der Waals surface area contributed by atoms with E-state index in [0.29, 0.717) is 0 Å². The number of nitrogens with zero attached hydrogens (tertiary/aromatic N) is 1. The summed E-state index contributed by atoms with van der Waals surface area (Å²) in [5, 5.41) is 0. The minimum absolute atomic E-state index is 0.235. The maximum absolute atomic E-state index is 5.49. The van der Waals surface area contributed by atoms with Gasteiger partial charge in [-0.2, -0.15) is 12.6 Å². The lowest BCUT2D eigenvalue weighted by atomic mass is 10.0. The van der Waals surface area contributed by atoms with Crippen molar-refractivity contribution in [1.82, 2.24) is 4.90 Å². The minimum atomic E-state index is 0.235. The van der Waals surface area contributed by atoms with Gasteiger partial charge in [-0.25, -0.2) is 0 Å². The molecule has 1 saturated heterocycles. The second-order valence-electron chi connectivity index (χ2n) is 4.64. The molecule has 0 saturated carbocycles. The van der Waals surface area contributed by atoms with Gasteiger partial charge in [0, 0.05) is 12.1 Å². The maximum atomic E-state index is 5.49. The van der Waals surface area contributed by atoms with Crippen LogP contribution in [0.4, 0.5) is 0 Å². The van der Waals surface area contributed by atoms with Gasteiger partial charge in [-0.15, -0.1) is 0 Å². The first-order valence-corrected chi connectivity index (χ1v) is 6.24. The van der Waals surface area contributed by atoms with Gasteiger partial charge in [0.25, 0.3) is 0 Å². The zero-order chi connectivity index (χ0) is 10.4. The van der Waals surface area contributed by atoms with Gasteiger partial charge in [0.15, 0.2) is 0 Å². The molecule has 0 aromatic heterocycles. The van der Waals surface area contributed by atoms with Gasteiger partial charge in [0.2, 0.25) is 0 Å². The predicted octanol–water partition coefficient (Wildman–Crippen LogP) is 2.20. The average molecular weight is 217 g/mol. The third kappa shape index (κ3) is 3.79. The fourth-order valence-corrected chi connectivity index (χ4v) is 2.12. The molecule has 0 aromatic carbocycles. The highest BCUT2D eigenvalue weighted by Gasteiger charge is 2.29. The molecule has 1 heterocycles. The summed E-state index contributed by atoms with van der Waals surface area (Å²) in [6.45, 7) is 8.61. The quantitative estimate of drug-likeness (QED) is 0.560. The van der Waals surface area contributed by atoms with E-state index in [1.54, 1.807) is 0 Å². The Labute approximate surface area is 93.4 Å². The summed E-state index contributed by atoms with van der Waals surface area (Å²) in [4.78, 5) is 2.55. The van der Waals surface area contributed by atoms with Crippen molar-refractivity contribution in [3.63, 3.8) is 0 Å². The van der Waals surface area contributed by atoms with Gasteiger partial charge in [0.1, 0.15) is 0 Å². The van der Waals surface area contributed by atoms with E-state index in [0.717, 1.165) is 25.5 Å². The minimum Gasteiger partial charge on any atom is -0.378 e. The van der Waals surface area contributed by atoms with Crippen molar-refractivity contribution >= 4 is 12.6 Å². The first kappa shape index (κ1) is 12.3. The lowest BCUT2D eigenvalue weighted by molar-refractivity contribution is -0.0513. The van der Waals surface area contributed by atoms with Crippen molar-refractivity contribution in [2.75, 3.05) is 32.1 Å². The molecule has 3 heteroatoms. The van der Waals surface area contributed by atoms with Gasteiger partial charge in [-0.05, 0) is 39.0 Å². The van der Waals surface area contributed by atoms with E-state index in [2.05, 4.69) is 31.4 Å². The highest BCUT2D eigenvalue weighted by atomic mass is 32.1. The van der Waals surface area contributed by atoms with Crippen LogP contribution in [0.25, 0.3) is 0 Å². The molecule has 1 aliphatic heterocycles. The summed E-state index contributed by atoms with van der Waals surface area (Å²) in [6.07, 6.45) is 3.84. The molecule has 0 spiro atoms. The number of hydrogen-bond donors (Lipinski definition) is 1. The molecule has 1 rings (SSSR count). The summed E-state index contributed by atoms with van der Waals surface area (Å²) < 4.78 is 5.49. The number of morpholine rings is 1. The van der Waals surface area contributed by atoms with Crippen LogP contribution in [0.15, 0.2) is 0 Å². The van der Waals surface area contributed by atoms with Crippen molar-refractivity contribution in [3.8, 4) is 0 Å². The van der Waals surface area contributed by atoms with E-state index in [1.165, 1.54) is 25.8 Å².